The molecule has 21 heavy (non-hydrogen) atoms. The molecule has 0 saturated carbocycles. The largest absolute Gasteiger partial charge is 0.399 e. The maximum absolute atomic E-state index is 12.3. The van der Waals surface area contributed by atoms with E-state index in [1.807, 2.05) is 32.2 Å². The third-order valence-corrected chi connectivity index (χ3v) is 4.23. The molecule has 0 radical (unpaired) electrons. The monoisotopic (exact) mass is 290 g/mol. The molecule has 5 nitrogen and oxygen atoms in total. The molecule has 0 bridgehead atoms. The number of benzene rings is 1. The Morgan fingerprint density at radius 1 is 1.57 bits per heavy atom. The van der Waals surface area contributed by atoms with Gasteiger partial charge in [0.25, 0.3) is 0 Å². The SMILES string of the molecule is CC(C(=O)Nc1cccc(N)c1)N(C)CC1CCN(C)C1. The lowest BCUT2D eigenvalue weighted by Crippen LogP contribution is -2.42. The highest BCUT2D eigenvalue weighted by molar-refractivity contribution is 5.94. The van der Waals surface area contributed by atoms with Crippen molar-refractivity contribution in [2.75, 3.05) is 44.8 Å². The number of nitrogen functional groups attached to an aromatic ring is 1. The summed E-state index contributed by atoms with van der Waals surface area (Å²) < 4.78 is 0. The number of rotatable bonds is 5. The first kappa shape index (κ1) is 15.8. The van der Waals surface area contributed by atoms with Crippen LogP contribution in [0.15, 0.2) is 24.3 Å². The van der Waals surface area contributed by atoms with E-state index in [-0.39, 0.29) is 11.9 Å². The molecule has 1 saturated heterocycles. The fraction of sp³-hybridized carbons (Fsp3) is 0.562. The van der Waals surface area contributed by atoms with Crippen molar-refractivity contribution in [3.05, 3.63) is 24.3 Å². The Hall–Kier alpha value is -1.59. The zero-order chi connectivity index (χ0) is 15.4. The lowest BCUT2D eigenvalue weighted by Gasteiger charge is -2.26. The van der Waals surface area contributed by atoms with Crippen LogP contribution in [0, 0.1) is 5.92 Å². The lowest BCUT2D eigenvalue weighted by atomic mass is 10.1. The van der Waals surface area contributed by atoms with Crippen LogP contribution in [0.5, 0.6) is 0 Å². The minimum atomic E-state index is -0.155. The maximum Gasteiger partial charge on any atom is 0.241 e. The smallest absolute Gasteiger partial charge is 0.241 e. The van der Waals surface area contributed by atoms with Gasteiger partial charge in [-0.15, -0.1) is 0 Å². The predicted octanol–water partition coefficient (Wildman–Crippen LogP) is 1.48. The molecule has 2 atom stereocenters. The van der Waals surface area contributed by atoms with Gasteiger partial charge < -0.3 is 16.0 Å². The number of nitrogens with two attached hydrogens (primary N) is 1. The summed E-state index contributed by atoms with van der Waals surface area (Å²) >= 11 is 0. The second kappa shape index (κ2) is 6.91. The summed E-state index contributed by atoms with van der Waals surface area (Å²) in [6.07, 6.45) is 1.21. The van der Waals surface area contributed by atoms with E-state index >= 15 is 0 Å². The van der Waals surface area contributed by atoms with Crippen LogP contribution in [0.3, 0.4) is 0 Å². The first-order chi connectivity index (χ1) is 9.95. The van der Waals surface area contributed by atoms with E-state index in [0.29, 0.717) is 11.6 Å². The Bertz CT molecular complexity index is 491. The Balaban J connectivity index is 1.86. The molecular formula is C16H26N4O. The fourth-order valence-corrected chi connectivity index (χ4v) is 2.80. The molecule has 3 N–H and O–H groups in total. The maximum atomic E-state index is 12.3. The van der Waals surface area contributed by atoms with Crippen LogP contribution in [0.2, 0.25) is 0 Å². The van der Waals surface area contributed by atoms with E-state index < -0.39 is 0 Å². The molecule has 1 aromatic rings. The van der Waals surface area contributed by atoms with Crippen molar-refractivity contribution < 1.29 is 4.79 Å². The van der Waals surface area contributed by atoms with Gasteiger partial charge in [-0.2, -0.15) is 0 Å². The summed E-state index contributed by atoms with van der Waals surface area (Å²) in [6, 6.07) is 7.12. The summed E-state index contributed by atoms with van der Waals surface area (Å²) in [7, 11) is 4.16. The van der Waals surface area contributed by atoms with Crippen molar-refractivity contribution in [2.45, 2.75) is 19.4 Å². The Labute approximate surface area is 127 Å². The summed E-state index contributed by atoms with van der Waals surface area (Å²) in [4.78, 5) is 16.8. The van der Waals surface area contributed by atoms with Gasteiger partial charge in [0.15, 0.2) is 0 Å². The average molecular weight is 290 g/mol. The Kier molecular flexibility index (Phi) is 5.20. The third kappa shape index (κ3) is 4.44. The quantitative estimate of drug-likeness (QED) is 0.806. The molecule has 0 aliphatic carbocycles. The summed E-state index contributed by atoms with van der Waals surface area (Å²) in [5, 5.41) is 2.93. The molecule has 5 heteroatoms. The zero-order valence-electron chi connectivity index (χ0n) is 13.2. The first-order valence-corrected chi connectivity index (χ1v) is 7.51. The number of carbonyl (C=O) groups is 1. The minimum Gasteiger partial charge on any atom is -0.399 e. The van der Waals surface area contributed by atoms with E-state index in [2.05, 4.69) is 22.2 Å². The Morgan fingerprint density at radius 3 is 2.95 bits per heavy atom. The molecule has 116 valence electrons. The predicted molar refractivity (Wildman–Crippen MR) is 87.2 cm³/mol. The molecule has 1 aliphatic rings. The highest BCUT2D eigenvalue weighted by Crippen LogP contribution is 2.17. The minimum absolute atomic E-state index is 0.00875. The number of likely N-dealkylation sites (N-methyl/N-ethyl adjacent to an activating group) is 1. The molecule has 2 unspecified atom stereocenters. The summed E-state index contributed by atoms with van der Waals surface area (Å²) in [5.41, 5.74) is 7.13. The number of nitrogens with zero attached hydrogens (tertiary/aromatic N) is 2. The van der Waals surface area contributed by atoms with Gasteiger partial charge in [-0.3, -0.25) is 9.69 Å². The molecule has 1 heterocycles. The summed E-state index contributed by atoms with van der Waals surface area (Å²) in [5.74, 6) is 0.664. The molecule has 2 rings (SSSR count). The van der Waals surface area contributed by atoms with Crippen molar-refractivity contribution >= 4 is 17.3 Å². The van der Waals surface area contributed by atoms with Crippen LogP contribution in [0.4, 0.5) is 11.4 Å². The van der Waals surface area contributed by atoms with E-state index in [1.54, 1.807) is 6.07 Å². The number of hydrogen-bond donors (Lipinski definition) is 2. The van der Waals surface area contributed by atoms with Gasteiger partial charge in [0.05, 0.1) is 6.04 Å². The van der Waals surface area contributed by atoms with Crippen LogP contribution < -0.4 is 11.1 Å². The van der Waals surface area contributed by atoms with Gasteiger partial charge in [-0.25, -0.2) is 0 Å². The second-order valence-corrected chi connectivity index (χ2v) is 6.15. The van der Waals surface area contributed by atoms with Gasteiger partial charge in [-0.1, -0.05) is 6.07 Å². The highest BCUT2D eigenvalue weighted by atomic mass is 16.2. The number of amides is 1. The van der Waals surface area contributed by atoms with E-state index in [4.69, 9.17) is 5.73 Å². The molecule has 1 aliphatic heterocycles. The average Bonchev–Trinajstić information content (AvgIpc) is 2.83. The van der Waals surface area contributed by atoms with Crippen LogP contribution >= 0.6 is 0 Å². The van der Waals surface area contributed by atoms with Gasteiger partial charge in [0.2, 0.25) is 5.91 Å². The van der Waals surface area contributed by atoms with Crippen LogP contribution in [0.25, 0.3) is 0 Å². The van der Waals surface area contributed by atoms with Crippen molar-refractivity contribution in [3.8, 4) is 0 Å². The molecule has 0 spiro atoms. The first-order valence-electron chi connectivity index (χ1n) is 7.51. The van der Waals surface area contributed by atoms with Gasteiger partial charge >= 0.3 is 0 Å². The molecule has 0 aromatic heterocycles. The lowest BCUT2D eigenvalue weighted by molar-refractivity contribution is -0.120. The number of carbonyl (C=O) groups excluding carboxylic acids is 1. The Morgan fingerprint density at radius 2 is 2.33 bits per heavy atom. The number of hydrogen-bond acceptors (Lipinski definition) is 4. The molecule has 1 fully saturated rings. The van der Waals surface area contributed by atoms with E-state index in [0.717, 1.165) is 25.3 Å². The molecular weight excluding hydrogens is 264 g/mol. The van der Waals surface area contributed by atoms with Crippen LogP contribution in [0.1, 0.15) is 13.3 Å². The van der Waals surface area contributed by atoms with Gasteiger partial charge in [-0.05, 0) is 58.1 Å². The van der Waals surface area contributed by atoms with Crippen molar-refractivity contribution in [3.63, 3.8) is 0 Å². The van der Waals surface area contributed by atoms with E-state index in [9.17, 15) is 4.79 Å². The van der Waals surface area contributed by atoms with Crippen LogP contribution in [-0.2, 0) is 4.79 Å². The summed E-state index contributed by atoms with van der Waals surface area (Å²) in [6.45, 7) is 5.17. The number of nitrogens with one attached hydrogen (secondary N) is 1. The number of anilines is 2. The standard InChI is InChI=1S/C16H26N4O/c1-12(20(3)11-13-7-8-19(2)10-13)16(21)18-15-6-4-5-14(17)9-15/h4-6,9,12-13H,7-8,10-11,17H2,1-3H3,(H,18,21). The fourth-order valence-electron chi connectivity index (χ4n) is 2.80. The zero-order valence-corrected chi connectivity index (χ0v) is 13.2. The topological polar surface area (TPSA) is 61.6 Å². The molecule has 1 aromatic carbocycles. The normalized spacial score (nSPS) is 20.7. The second-order valence-electron chi connectivity index (χ2n) is 6.15. The van der Waals surface area contributed by atoms with Crippen molar-refractivity contribution in [1.82, 2.24) is 9.80 Å². The van der Waals surface area contributed by atoms with E-state index in [1.165, 1.54) is 6.42 Å². The number of likely N-dealkylation sites (tertiary alicyclic amines) is 1. The molecule has 1 amide bonds. The van der Waals surface area contributed by atoms with Gasteiger partial charge in [0.1, 0.15) is 0 Å². The van der Waals surface area contributed by atoms with Gasteiger partial charge in [0, 0.05) is 24.5 Å². The van der Waals surface area contributed by atoms with Crippen molar-refractivity contribution in [2.24, 2.45) is 5.92 Å². The van der Waals surface area contributed by atoms with Crippen molar-refractivity contribution in [1.29, 1.82) is 0 Å². The highest BCUT2D eigenvalue weighted by Gasteiger charge is 2.25. The third-order valence-electron chi connectivity index (χ3n) is 4.23. The van der Waals surface area contributed by atoms with Crippen LogP contribution in [-0.4, -0.2) is 55.5 Å².